The molecular formula is C12H15NO4S. The standard InChI is InChI=1S/C12H15NO4S/c1-3-4-9-13-12(14)17-18(15,16)11-7-5-10(2)6-8-11/h3-8H,9H2,1-2H3,(H,13,14). The van der Waals surface area contributed by atoms with Gasteiger partial charge in [-0.1, -0.05) is 29.8 Å². The number of nitrogens with one attached hydrogen (secondary N) is 1. The fraction of sp³-hybridized carbons (Fsp3) is 0.250. The van der Waals surface area contributed by atoms with E-state index in [0.29, 0.717) is 0 Å². The summed E-state index contributed by atoms with van der Waals surface area (Å²) in [5, 5.41) is 2.29. The number of carbonyl (C=O) groups is 1. The lowest BCUT2D eigenvalue weighted by molar-refractivity contribution is 0.203. The number of amides is 1. The summed E-state index contributed by atoms with van der Waals surface area (Å²) >= 11 is 0. The minimum Gasteiger partial charge on any atom is -0.324 e. The average molecular weight is 269 g/mol. The van der Waals surface area contributed by atoms with Gasteiger partial charge in [0.05, 0.1) is 0 Å². The molecule has 5 nitrogen and oxygen atoms in total. The molecule has 0 radical (unpaired) electrons. The van der Waals surface area contributed by atoms with Crippen LogP contribution in [0.15, 0.2) is 41.3 Å². The molecule has 1 aromatic carbocycles. The van der Waals surface area contributed by atoms with Crippen LogP contribution in [0.25, 0.3) is 0 Å². The van der Waals surface area contributed by atoms with Crippen LogP contribution < -0.4 is 5.32 Å². The molecule has 1 N–H and O–H groups in total. The molecule has 1 amide bonds. The minimum atomic E-state index is -4.05. The summed E-state index contributed by atoms with van der Waals surface area (Å²) < 4.78 is 27.8. The molecule has 0 aromatic heterocycles. The molecule has 1 rings (SSSR count). The topological polar surface area (TPSA) is 72.5 Å². The van der Waals surface area contributed by atoms with E-state index in [-0.39, 0.29) is 11.4 Å². The van der Waals surface area contributed by atoms with Crippen molar-refractivity contribution in [3.05, 3.63) is 42.0 Å². The summed E-state index contributed by atoms with van der Waals surface area (Å²) in [6.45, 7) is 3.84. The number of carbonyl (C=O) groups excluding carboxylic acids is 1. The van der Waals surface area contributed by atoms with Crippen LogP contribution in [0.1, 0.15) is 12.5 Å². The third-order valence-electron chi connectivity index (χ3n) is 2.10. The Morgan fingerprint density at radius 3 is 2.50 bits per heavy atom. The number of allylic oxidation sites excluding steroid dienone is 1. The van der Waals surface area contributed by atoms with Gasteiger partial charge in [0, 0.05) is 6.54 Å². The lowest BCUT2D eigenvalue weighted by Crippen LogP contribution is -2.27. The van der Waals surface area contributed by atoms with Gasteiger partial charge in [-0.25, -0.2) is 4.79 Å². The third-order valence-corrected chi connectivity index (χ3v) is 3.32. The summed E-state index contributed by atoms with van der Waals surface area (Å²) in [6.07, 6.45) is 2.41. The smallest absolute Gasteiger partial charge is 0.324 e. The number of aryl methyl sites for hydroxylation is 1. The summed E-state index contributed by atoms with van der Waals surface area (Å²) in [7, 11) is -4.05. The zero-order valence-electron chi connectivity index (χ0n) is 10.2. The van der Waals surface area contributed by atoms with E-state index in [4.69, 9.17) is 0 Å². The van der Waals surface area contributed by atoms with E-state index in [0.717, 1.165) is 5.56 Å². The van der Waals surface area contributed by atoms with E-state index in [2.05, 4.69) is 9.50 Å². The van der Waals surface area contributed by atoms with Crippen molar-refractivity contribution < 1.29 is 17.4 Å². The van der Waals surface area contributed by atoms with Crippen molar-refractivity contribution in [3.8, 4) is 0 Å². The molecule has 6 heteroatoms. The first kappa shape index (κ1) is 14.2. The molecule has 1 aromatic rings. The average Bonchev–Trinajstić information content (AvgIpc) is 2.29. The normalized spacial score (nSPS) is 11.4. The van der Waals surface area contributed by atoms with Gasteiger partial charge in [-0.15, -0.1) is 0 Å². The van der Waals surface area contributed by atoms with Gasteiger partial charge in [0.2, 0.25) is 0 Å². The van der Waals surface area contributed by atoms with Crippen LogP contribution in [0.5, 0.6) is 0 Å². The van der Waals surface area contributed by atoms with Crippen molar-refractivity contribution in [3.63, 3.8) is 0 Å². The number of hydrogen-bond acceptors (Lipinski definition) is 4. The van der Waals surface area contributed by atoms with E-state index in [1.807, 2.05) is 6.92 Å². The lowest BCUT2D eigenvalue weighted by Gasteiger charge is -2.06. The van der Waals surface area contributed by atoms with Crippen LogP contribution in [-0.4, -0.2) is 21.1 Å². The van der Waals surface area contributed by atoms with Gasteiger partial charge in [0.15, 0.2) is 0 Å². The Labute approximate surface area is 107 Å². The molecular weight excluding hydrogens is 254 g/mol. The maximum absolute atomic E-state index is 11.7. The molecule has 0 bridgehead atoms. The first-order valence-electron chi connectivity index (χ1n) is 5.36. The Balaban J connectivity index is 2.70. The SMILES string of the molecule is CC=CCNC(=O)OS(=O)(=O)c1ccc(C)cc1. The van der Waals surface area contributed by atoms with Crippen LogP contribution in [0.2, 0.25) is 0 Å². The van der Waals surface area contributed by atoms with E-state index in [9.17, 15) is 13.2 Å². The largest absolute Gasteiger partial charge is 0.423 e. The molecule has 0 saturated carbocycles. The molecule has 18 heavy (non-hydrogen) atoms. The maximum atomic E-state index is 11.7. The lowest BCUT2D eigenvalue weighted by atomic mass is 10.2. The minimum absolute atomic E-state index is 0.0470. The van der Waals surface area contributed by atoms with Crippen molar-refractivity contribution in [2.45, 2.75) is 18.7 Å². The zero-order valence-corrected chi connectivity index (χ0v) is 11.0. The van der Waals surface area contributed by atoms with Crippen LogP contribution >= 0.6 is 0 Å². The first-order valence-corrected chi connectivity index (χ1v) is 6.76. The van der Waals surface area contributed by atoms with Gasteiger partial charge < -0.3 is 9.50 Å². The van der Waals surface area contributed by atoms with E-state index >= 15 is 0 Å². The van der Waals surface area contributed by atoms with Crippen LogP contribution in [0, 0.1) is 6.92 Å². The first-order chi connectivity index (χ1) is 8.45. The number of benzene rings is 1. The molecule has 0 aliphatic heterocycles. The summed E-state index contributed by atoms with van der Waals surface area (Å²) in [6, 6.07) is 6.05. The summed E-state index contributed by atoms with van der Waals surface area (Å²) in [5.74, 6) is 0. The molecule has 0 aliphatic carbocycles. The predicted molar refractivity (Wildman–Crippen MR) is 67.7 cm³/mol. The van der Waals surface area contributed by atoms with Gasteiger partial charge in [0.25, 0.3) is 0 Å². The fourth-order valence-electron chi connectivity index (χ4n) is 1.14. The maximum Gasteiger partial charge on any atom is 0.423 e. The highest BCUT2D eigenvalue weighted by molar-refractivity contribution is 7.87. The second kappa shape index (κ2) is 6.20. The van der Waals surface area contributed by atoms with E-state index in [1.165, 1.54) is 12.1 Å². The summed E-state index contributed by atoms with van der Waals surface area (Å²) in [4.78, 5) is 11.2. The predicted octanol–water partition coefficient (Wildman–Crippen LogP) is 1.99. The van der Waals surface area contributed by atoms with Crippen molar-refractivity contribution >= 4 is 16.2 Å². The highest BCUT2D eigenvalue weighted by atomic mass is 32.2. The number of rotatable bonds is 4. The van der Waals surface area contributed by atoms with Crippen molar-refractivity contribution in [1.82, 2.24) is 5.32 Å². The van der Waals surface area contributed by atoms with Gasteiger partial charge >= 0.3 is 16.2 Å². The molecule has 0 spiro atoms. The monoisotopic (exact) mass is 269 g/mol. The third kappa shape index (κ3) is 4.21. The second-order valence-corrected chi connectivity index (χ2v) is 5.13. The van der Waals surface area contributed by atoms with Gasteiger partial charge in [-0.3, -0.25) is 0 Å². The van der Waals surface area contributed by atoms with Crippen molar-refractivity contribution in [1.29, 1.82) is 0 Å². The second-order valence-electron chi connectivity index (χ2n) is 3.59. The highest BCUT2D eigenvalue weighted by Crippen LogP contribution is 2.13. The fourth-order valence-corrected chi connectivity index (χ4v) is 1.97. The van der Waals surface area contributed by atoms with Crippen LogP contribution in [0.3, 0.4) is 0 Å². The van der Waals surface area contributed by atoms with Gasteiger partial charge in [0.1, 0.15) is 4.90 Å². The zero-order chi connectivity index (χ0) is 13.6. The van der Waals surface area contributed by atoms with E-state index < -0.39 is 16.2 Å². The van der Waals surface area contributed by atoms with Crippen LogP contribution in [0.4, 0.5) is 4.79 Å². The molecule has 0 atom stereocenters. The number of hydrogen-bond donors (Lipinski definition) is 1. The molecule has 0 heterocycles. The summed E-state index contributed by atoms with van der Waals surface area (Å²) in [5.41, 5.74) is 0.923. The van der Waals surface area contributed by atoms with Crippen molar-refractivity contribution in [2.24, 2.45) is 0 Å². The Bertz CT molecular complexity index is 532. The Hall–Kier alpha value is -1.82. The molecule has 98 valence electrons. The van der Waals surface area contributed by atoms with Gasteiger partial charge in [-0.2, -0.15) is 8.42 Å². The van der Waals surface area contributed by atoms with Crippen molar-refractivity contribution in [2.75, 3.05) is 6.54 Å². The van der Waals surface area contributed by atoms with E-state index in [1.54, 1.807) is 31.2 Å². The Morgan fingerprint density at radius 2 is 1.94 bits per heavy atom. The molecule has 0 unspecified atom stereocenters. The van der Waals surface area contributed by atoms with Gasteiger partial charge in [-0.05, 0) is 26.0 Å². The quantitative estimate of drug-likeness (QED) is 0.670. The Morgan fingerprint density at radius 1 is 1.33 bits per heavy atom. The Kier molecular flexibility index (Phi) is 4.91. The molecule has 0 fully saturated rings. The molecule has 0 aliphatic rings. The highest BCUT2D eigenvalue weighted by Gasteiger charge is 2.19. The molecule has 0 saturated heterocycles. The van der Waals surface area contributed by atoms with Crippen LogP contribution in [-0.2, 0) is 14.3 Å².